The van der Waals surface area contributed by atoms with E-state index in [2.05, 4.69) is 39.2 Å². The van der Waals surface area contributed by atoms with Gasteiger partial charge in [-0.2, -0.15) is 0 Å². The molecule has 0 saturated carbocycles. The first kappa shape index (κ1) is 8.38. The van der Waals surface area contributed by atoms with Crippen molar-refractivity contribution in [3.05, 3.63) is 24.6 Å². The molecule has 1 rings (SSSR count). The average Bonchev–Trinajstić information content (AvgIpc) is 2.08. The molecule has 0 bridgehead atoms. The molecule has 1 atom stereocenters. The Balaban J connectivity index is 2.76. The van der Waals surface area contributed by atoms with Gasteiger partial charge in [-0.1, -0.05) is 33.9 Å². The first-order valence-electron chi connectivity index (χ1n) is 4.05. The SMILES string of the molecule is C=C1CC(C(C)(C)C)C(=C)N1. The fourth-order valence-corrected chi connectivity index (χ4v) is 1.56. The molecule has 1 heteroatoms. The van der Waals surface area contributed by atoms with Gasteiger partial charge in [0.2, 0.25) is 0 Å². The van der Waals surface area contributed by atoms with Gasteiger partial charge >= 0.3 is 0 Å². The molecule has 1 heterocycles. The van der Waals surface area contributed by atoms with Crippen LogP contribution >= 0.6 is 0 Å². The van der Waals surface area contributed by atoms with Gasteiger partial charge in [-0.3, -0.25) is 0 Å². The second kappa shape index (κ2) is 2.40. The van der Waals surface area contributed by atoms with E-state index in [0.29, 0.717) is 11.3 Å². The number of nitrogens with one attached hydrogen (secondary N) is 1. The smallest absolute Gasteiger partial charge is 0.0116 e. The van der Waals surface area contributed by atoms with Gasteiger partial charge in [0, 0.05) is 17.3 Å². The van der Waals surface area contributed by atoms with E-state index in [1.54, 1.807) is 0 Å². The van der Waals surface area contributed by atoms with Crippen LogP contribution in [0.5, 0.6) is 0 Å². The van der Waals surface area contributed by atoms with Crippen molar-refractivity contribution in [1.29, 1.82) is 0 Å². The van der Waals surface area contributed by atoms with E-state index in [-0.39, 0.29) is 0 Å². The highest BCUT2D eigenvalue weighted by atomic mass is 14.9. The maximum Gasteiger partial charge on any atom is 0.0116 e. The van der Waals surface area contributed by atoms with Gasteiger partial charge < -0.3 is 5.32 Å². The highest BCUT2D eigenvalue weighted by Gasteiger charge is 2.31. The van der Waals surface area contributed by atoms with Crippen LogP contribution in [0, 0.1) is 11.3 Å². The van der Waals surface area contributed by atoms with Crippen molar-refractivity contribution in [3.63, 3.8) is 0 Å². The zero-order valence-electron chi connectivity index (χ0n) is 7.70. The molecule has 1 nitrogen and oxygen atoms in total. The van der Waals surface area contributed by atoms with E-state index in [1.807, 2.05) is 0 Å². The molecule has 62 valence electrons. The van der Waals surface area contributed by atoms with Crippen molar-refractivity contribution < 1.29 is 0 Å². The van der Waals surface area contributed by atoms with Gasteiger partial charge in [0.05, 0.1) is 0 Å². The quantitative estimate of drug-likeness (QED) is 0.561. The van der Waals surface area contributed by atoms with E-state index in [4.69, 9.17) is 0 Å². The molecular weight excluding hydrogens is 134 g/mol. The molecule has 1 aliphatic heterocycles. The standard InChI is InChI=1S/C10H17N/c1-7-6-9(8(2)11-7)10(3,4)5/h9,11H,1-2,6H2,3-5H3. The Morgan fingerprint density at radius 1 is 1.36 bits per heavy atom. The van der Waals surface area contributed by atoms with Crippen LogP contribution in [0.4, 0.5) is 0 Å². The summed E-state index contributed by atoms with van der Waals surface area (Å²) in [5.74, 6) is 0.551. The lowest BCUT2D eigenvalue weighted by Crippen LogP contribution is -2.20. The van der Waals surface area contributed by atoms with Crippen LogP contribution in [0.2, 0.25) is 0 Å². The second-order valence-electron chi connectivity index (χ2n) is 4.38. The minimum atomic E-state index is 0.309. The lowest BCUT2D eigenvalue weighted by atomic mass is 9.78. The average molecular weight is 151 g/mol. The maximum absolute atomic E-state index is 3.98. The Hall–Kier alpha value is -0.720. The summed E-state index contributed by atoms with van der Waals surface area (Å²) in [7, 11) is 0. The molecule has 0 aromatic rings. The molecule has 1 unspecified atom stereocenters. The Kier molecular flexibility index (Phi) is 1.83. The van der Waals surface area contributed by atoms with Crippen molar-refractivity contribution in [3.8, 4) is 0 Å². The molecule has 1 N–H and O–H groups in total. The first-order chi connectivity index (χ1) is 4.91. The van der Waals surface area contributed by atoms with Crippen LogP contribution in [-0.4, -0.2) is 0 Å². The minimum absolute atomic E-state index is 0.309. The van der Waals surface area contributed by atoms with Gasteiger partial charge in [0.25, 0.3) is 0 Å². The van der Waals surface area contributed by atoms with Crippen molar-refractivity contribution in [2.45, 2.75) is 27.2 Å². The summed E-state index contributed by atoms with van der Waals surface area (Å²) in [6, 6.07) is 0. The summed E-state index contributed by atoms with van der Waals surface area (Å²) >= 11 is 0. The summed E-state index contributed by atoms with van der Waals surface area (Å²) in [4.78, 5) is 0. The molecule has 0 aliphatic carbocycles. The van der Waals surface area contributed by atoms with Gasteiger partial charge in [-0.25, -0.2) is 0 Å². The Morgan fingerprint density at radius 3 is 2.09 bits per heavy atom. The second-order valence-corrected chi connectivity index (χ2v) is 4.38. The van der Waals surface area contributed by atoms with Crippen LogP contribution in [0.3, 0.4) is 0 Å². The lowest BCUT2D eigenvalue weighted by molar-refractivity contribution is 0.291. The topological polar surface area (TPSA) is 12.0 Å². The summed E-state index contributed by atoms with van der Waals surface area (Å²) in [6.07, 6.45) is 1.04. The zero-order chi connectivity index (χ0) is 8.65. The fraction of sp³-hybridized carbons (Fsp3) is 0.600. The molecule has 1 aliphatic rings. The maximum atomic E-state index is 3.98. The van der Waals surface area contributed by atoms with Crippen LogP contribution in [0.1, 0.15) is 27.2 Å². The molecule has 0 aromatic heterocycles. The number of hydrogen-bond donors (Lipinski definition) is 1. The number of rotatable bonds is 0. The molecule has 0 spiro atoms. The van der Waals surface area contributed by atoms with Gasteiger partial charge in [-0.05, 0) is 11.8 Å². The third-order valence-corrected chi connectivity index (χ3v) is 2.25. The summed E-state index contributed by atoms with van der Waals surface area (Å²) in [6.45, 7) is 14.6. The van der Waals surface area contributed by atoms with Crippen molar-refractivity contribution in [2.24, 2.45) is 11.3 Å². The first-order valence-corrected chi connectivity index (χ1v) is 4.05. The largest absolute Gasteiger partial charge is 0.363 e. The molecule has 0 amide bonds. The third kappa shape index (κ3) is 1.65. The molecular formula is C10H17N. The van der Waals surface area contributed by atoms with E-state index in [1.165, 1.54) is 0 Å². The molecule has 11 heavy (non-hydrogen) atoms. The number of allylic oxidation sites excluding steroid dienone is 2. The zero-order valence-corrected chi connectivity index (χ0v) is 7.70. The van der Waals surface area contributed by atoms with Crippen LogP contribution in [-0.2, 0) is 0 Å². The summed E-state index contributed by atoms with van der Waals surface area (Å²) < 4.78 is 0. The summed E-state index contributed by atoms with van der Waals surface area (Å²) in [5.41, 5.74) is 2.54. The van der Waals surface area contributed by atoms with Crippen molar-refractivity contribution >= 4 is 0 Å². The fourth-order valence-electron chi connectivity index (χ4n) is 1.56. The van der Waals surface area contributed by atoms with Gasteiger partial charge in [0.15, 0.2) is 0 Å². The van der Waals surface area contributed by atoms with E-state index in [9.17, 15) is 0 Å². The van der Waals surface area contributed by atoms with Crippen LogP contribution < -0.4 is 5.32 Å². The monoisotopic (exact) mass is 151 g/mol. The van der Waals surface area contributed by atoms with Crippen LogP contribution in [0.15, 0.2) is 24.6 Å². The Labute approximate surface area is 69.2 Å². The highest BCUT2D eigenvalue weighted by molar-refractivity contribution is 5.20. The van der Waals surface area contributed by atoms with E-state index >= 15 is 0 Å². The minimum Gasteiger partial charge on any atom is -0.363 e. The third-order valence-electron chi connectivity index (χ3n) is 2.25. The predicted molar refractivity (Wildman–Crippen MR) is 49.0 cm³/mol. The Morgan fingerprint density at radius 2 is 1.91 bits per heavy atom. The van der Waals surface area contributed by atoms with Crippen molar-refractivity contribution in [1.82, 2.24) is 5.32 Å². The van der Waals surface area contributed by atoms with Gasteiger partial charge in [-0.15, -0.1) is 0 Å². The summed E-state index contributed by atoms with van der Waals surface area (Å²) in [5, 5.41) is 3.18. The molecule has 1 saturated heterocycles. The van der Waals surface area contributed by atoms with Crippen molar-refractivity contribution in [2.75, 3.05) is 0 Å². The highest BCUT2D eigenvalue weighted by Crippen LogP contribution is 2.38. The lowest BCUT2D eigenvalue weighted by Gasteiger charge is -2.26. The van der Waals surface area contributed by atoms with E-state index < -0.39 is 0 Å². The predicted octanol–water partition coefficient (Wildman–Crippen LogP) is 2.67. The molecule has 0 radical (unpaired) electrons. The Bertz CT molecular complexity index is 195. The number of hydrogen-bond acceptors (Lipinski definition) is 1. The van der Waals surface area contributed by atoms with Gasteiger partial charge in [0.1, 0.15) is 0 Å². The normalized spacial score (nSPS) is 25.5. The van der Waals surface area contributed by atoms with E-state index in [0.717, 1.165) is 17.8 Å². The molecule has 0 aromatic carbocycles. The molecule has 1 fully saturated rings. The van der Waals surface area contributed by atoms with Crippen LogP contribution in [0.25, 0.3) is 0 Å².